The molecule has 2 amide bonds. The minimum atomic E-state index is -0.165. The second-order valence-electron chi connectivity index (χ2n) is 2.50. The maximum atomic E-state index is 11.0. The Morgan fingerprint density at radius 1 is 1.54 bits per heavy atom. The van der Waals surface area contributed by atoms with Crippen LogP contribution in [0.25, 0.3) is 0 Å². The molecule has 0 aromatic carbocycles. The van der Waals surface area contributed by atoms with Gasteiger partial charge in [0.15, 0.2) is 0 Å². The van der Waals surface area contributed by atoms with E-state index in [0.29, 0.717) is 12.8 Å². The van der Waals surface area contributed by atoms with Crippen molar-refractivity contribution in [1.82, 2.24) is 10.2 Å². The number of nitrogens with one attached hydrogen (secondary N) is 1. The van der Waals surface area contributed by atoms with Gasteiger partial charge in [-0.1, -0.05) is 13.8 Å². The van der Waals surface area contributed by atoms with Crippen LogP contribution in [-0.4, -0.2) is 37.4 Å². The van der Waals surface area contributed by atoms with Crippen LogP contribution in [0.5, 0.6) is 0 Å². The van der Waals surface area contributed by atoms with E-state index in [9.17, 15) is 9.59 Å². The molecule has 13 heavy (non-hydrogen) atoms. The molecule has 1 unspecified atom stereocenters. The first-order valence-corrected chi connectivity index (χ1v) is 4.50. The van der Waals surface area contributed by atoms with Gasteiger partial charge in [0.05, 0.1) is 0 Å². The summed E-state index contributed by atoms with van der Waals surface area (Å²) in [5, 5.41) is 2.91. The lowest BCUT2D eigenvalue weighted by Crippen LogP contribution is -2.32. The van der Waals surface area contributed by atoms with Crippen LogP contribution in [0.1, 0.15) is 27.2 Å². The fourth-order valence-electron chi connectivity index (χ4n) is 0.567. The van der Waals surface area contributed by atoms with Gasteiger partial charge in [-0.25, -0.2) is 0 Å². The van der Waals surface area contributed by atoms with Crippen LogP contribution >= 0.6 is 0 Å². The summed E-state index contributed by atoms with van der Waals surface area (Å²) >= 11 is 0. The van der Waals surface area contributed by atoms with Gasteiger partial charge in [-0.3, -0.25) is 14.5 Å². The van der Waals surface area contributed by atoms with Gasteiger partial charge in [0.25, 0.3) is 0 Å². The second-order valence-corrected chi connectivity index (χ2v) is 2.50. The molecule has 0 spiro atoms. The lowest BCUT2D eigenvalue weighted by molar-refractivity contribution is -0.136. The molecular weight excluding hydrogens is 168 g/mol. The van der Waals surface area contributed by atoms with E-state index in [1.54, 1.807) is 7.05 Å². The standard InChI is InChI=1S/C7H14N2O2.C2H6/c1-6(8-2)4-7(11)9(3)5-10;1-2/h5-6,8H,4H2,1-3H3;1-2H3. The first kappa shape index (κ1) is 14.6. The quantitative estimate of drug-likeness (QED) is 0.658. The molecule has 0 aromatic rings. The second kappa shape index (κ2) is 9.19. The largest absolute Gasteiger partial charge is 0.317 e. The molecule has 0 aliphatic heterocycles. The fourth-order valence-corrected chi connectivity index (χ4v) is 0.567. The van der Waals surface area contributed by atoms with Gasteiger partial charge in [-0.05, 0) is 14.0 Å². The Bertz CT molecular complexity index is 149. The van der Waals surface area contributed by atoms with E-state index < -0.39 is 0 Å². The van der Waals surface area contributed by atoms with Crippen LogP contribution in [0.3, 0.4) is 0 Å². The first-order valence-electron chi connectivity index (χ1n) is 4.50. The predicted octanol–water partition coefficient (Wildman–Crippen LogP) is 0.625. The lowest BCUT2D eigenvalue weighted by Gasteiger charge is -2.12. The van der Waals surface area contributed by atoms with E-state index in [4.69, 9.17) is 0 Å². The van der Waals surface area contributed by atoms with Crippen LogP contribution in [0.4, 0.5) is 0 Å². The zero-order valence-electron chi connectivity index (χ0n) is 9.13. The molecule has 0 radical (unpaired) electrons. The molecule has 0 saturated carbocycles. The molecule has 0 aliphatic carbocycles. The highest BCUT2D eigenvalue weighted by Gasteiger charge is 2.10. The number of nitrogens with zero attached hydrogens (tertiary/aromatic N) is 1. The third-order valence-electron chi connectivity index (χ3n) is 1.53. The number of carbonyl (C=O) groups excluding carboxylic acids is 2. The number of amides is 2. The minimum Gasteiger partial charge on any atom is -0.317 e. The Labute approximate surface area is 80.3 Å². The van der Waals surface area contributed by atoms with Crippen molar-refractivity contribution in [3.63, 3.8) is 0 Å². The number of hydrogen-bond acceptors (Lipinski definition) is 3. The van der Waals surface area contributed by atoms with Crippen LogP contribution < -0.4 is 5.32 Å². The number of rotatable bonds is 4. The van der Waals surface area contributed by atoms with E-state index in [1.807, 2.05) is 20.8 Å². The summed E-state index contributed by atoms with van der Waals surface area (Å²) in [7, 11) is 3.23. The minimum absolute atomic E-state index is 0.116. The summed E-state index contributed by atoms with van der Waals surface area (Å²) in [6.07, 6.45) is 0.871. The first-order chi connectivity index (χ1) is 6.11. The van der Waals surface area contributed by atoms with Gasteiger partial charge < -0.3 is 5.32 Å². The smallest absolute Gasteiger partial charge is 0.230 e. The van der Waals surface area contributed by atoms with Crippen molar-refractivity contribution >= 4 is 12.3 Å². The third kappa shape index (κ3) is 7.46. The summed E-state index contributed by atoms with van der Waals surface area (Å²) in [6, 6.07) is 0.116. The number of imide groups is 1. The van der Waals surface area contributed by atoms with Crippen LogP contribution in [0.15, 0.2) is 0 Å². The average molecular weight is 188 g/mol. The highest BCUT2D eigenvalue weighted by molar-refractivity contribution is 5.85. The molecule has 0 fully saturated rings. The maximum absolute atomic E-state index is 11.0. The molecule has 0 bridgehead atoms. The van der Waals surface area contributed by atoms with Gasteiger partial charge in [0.1, 0.15) is 0 Å². The van der Waals surface area contributed by atoms with Crippen molar-refractivity contribution in [3.8, 4) is 0 Å². The Morgan fingerprint density at radius 2 is 2.00 bits per heavy atom. The molecule has 0 heterocycles. The third-order valence-corrected chi connectivity index (χ3v) is 1.53. The van der Waals surface area contributed by atoms with E-state index in [-0.39, 0.29) is 11.9 Å². The molecular formula is C9H20N2O2. The molecule has 78 valence electrons. The molecule has 0 saturated heterocycles. The van der Waals surface area contributed by atoms with Gasteiger partial charge in [-0.15, -0.1) is 0 Å². The van der Waals surface area contributed by atoms with Gasteiger partial charge in [0, 0.05) is 19.5 Å². The monoisotopic (exact) mass is 188 g/mol. The normalized spacial score (nSPS) is 10.8. The number of hydrogen-bond donors (Lipinski definition) is 1. The van der Waals surface area contributed by atoms with E-state index in [2.05, 4.69) is 5.32 Å². The SMILES string of the molecule is CC.CNC(C)CC(=O)N(C)C=O. The zero-order chi connectivity index (χ0) is 10.9. The molecule has 4 heteroatoms. The summed E-state index contributed by atoms with van der Waals surface area (Å²) in [4.78, 5) is 22.1. The molecule has 1 N–H and O–H groups in total. The average Bonchev–Trinajstić information content (AvgIpc) is 2.19. The summed E-state index contributed by atoms with van der Waals surface area (Å²) in [5.41, 5.74) is 0. The van der Waals surface area contributed by atoms with Gasteiger partial charge >= 0.3 is 0 Å². The highest BCUT2D eigenvalue weighted by Crippen LogP contribution is 1.92. The Kier molecular flexibility index (Phi) is 10.3. The molecule has 0 aromatic heterocycles. The Balaban J connectivity index is 0. The lowest BCUT2D eigenvalue weighted by atomic mass is 10.2. The highest BCUT2D eigenvalue weighted by atomic mass is 16.2. The van der Waals surface area contributed by atoms with Crippen molar-refractivity contribution in [2.45, 2.75) is 33.2 Å². The molecule has 0 aliphatic rings. The van der Waals surface area contributed by atoms with Crippen LogP contribution in [0.2, 0.25) is 0 Å². The zero-order valence-corrected chi connectivity index (χ0v) is 9.13. The van der Waals surface area contributed by atoms with Crippen molar-refractivity contribution < 1.29 is 9.59 Å². The predicted molar refractivity (Wildman–Crippen MR) is 53.3 cm³/mol. The van der Waals surface area contributed by atoms with E-state index in [0.717, 1.165) is 4.90 Å². The Hall–Kier alpha value is -0.900. The van der Waals surface area contributed by atoms with Crippen molar-refractivity contribution in [3.05, 3.63) is 0 Å². The molecule has 1 atom stereocenters. The summed E-state index contributed by atoms with van der Waals surface area (Å²) < 4.78 is 0. The van der Waals surface area contributed by atoms with E-state index >= 15 is 0 Å². The van der Waals surface area contributed by atoms with Crippen LogP contribution in [0, 0.1) is 0 Å². The van der Waals surface area contributed by atoms with Crippen molar-refractivity contribution in [1.29, 1.82) is 0 Å². The van der Waals surface area contributed by atoms with Crippen LogP contribution in [-0.2, 0) is 9.59 Å². The summed E-state index contributed by atoms with van der Waals surface area (Å²) in [5.74, 6) is -0.165. The summed E-state index contributed by atoms with van der Waals surface area (Å²) in [6.45, 7) is 5.89. The van der Waals surface area contributed by atoms with Gasteiger partial charge in [-0.2, -0.15) is 0 Å². The topological polar surface area (TPSA) is 49.4 Å². The number of carbonyl (C=O) groups is 2. The van der Waals surface area contributed by atoms with Crippen molar-refractivity contribution in [2.75, 3.05) is 14.1 Å². The maximum Gasteiger partial charge on any atom is 0.230 e. The molecule has 4 nitrogen and oxygen atoms in total. The van der Waals surface area contributed by atoms with Crippen molar-refractivity contribution in [2.24, 2.45) is 0 Å². The molecule has 0 rings (SSSR count). The van der Waals surface area contributed by atoms with E-state index in [1.165, 1.54) is 7.05 Å². The van der Waals surface area contributed by atoms with Gasteiger partial charge in [0.2, 0.25) is 12.3 Å². The fraction of sp³-hybridized carbons (Fsp3) is 0.778. The Morgan fingerprint density at radius 3 is 2.31 bits per heavy atom.